The van der Waals surface area contributed by atoms with Gasteiger partial charge in [-0.3, -0.25) is 9.36 Å². The molecule has 1 heterocycles. The minimum atomic E-state index is -1.42. The molecule has 0 atom stereocenters. The third-order valence-electron chi connectivity index (χ3n) is 3.49. The van der Waals surface area contributed by atoms with Gasteiger partial charge in [0.2, 0.25) is 0 Å². The van der Waals surface area contributed by atoms with Crippen LogP contribution in [0, 0.1) is 11.5 Å². The molecular formula is C20H19NOSi. The van der Waals surface area contributed by atoms with Crippen LogP contribution in [0.2, 0.25) is 19.6 Å². The van der Waals surface area contributed by atoms with Crippen LogP contribution in [0.25, 0.3) is 16.6 Å². The molecule has 0 saturated heterocycles. The predicted molar refractivity (Wildman–Crippen MR) is 99.8 cm³/mol. The van der Waals surface area contributed by atoms with Crippen molar-refractivity contribution in [2.24, 2.45) is 0 Å². The van der Waals surface area contributed by atoms with Crippen molar-refractivity contribution in [1.82, 2.24) is 4.57 Å². The Bertz CT molecular complexity index is 984. The van der Waals surface area contributed by atoms with E-state index in [-0.39, 0.29) is 5.56 Å². The molecule has 3 heteroatoms. The molecule has 0 spiro atoms. The molecule has 1 aromatic heterocycles. The maximum absolute atomic E-state index is 12.4. The van der Waals surface area contributed by atoms with Gasteiger partial charge in [-0.25, -0.2) is 0 Å². The molecule has 0 aliphatic carbocycles. The molecule has 0 unspecified atom stereocenters. The standard InChI is InChI=1S/C20H19NOSi/c1-23(2,3)14-13-16-7-6-9-18(15-16)21-19-10-5-4-8-17(19)11-12-20(21)22/h4-12,15H,1-3H3. The lowest BCUT2D eigenvalue weighted by molar-refractivity contribution is 1.04. The quantitative estimate of drug-likeness (QED) is 0.486. The van der Waals surface area contributed by atoms with Gasteiger partial charge in [0.25, 0.3) is 5.56 Å². The maximum atomic E-state index is 12.4. The highest BCUT2D eigenvalue weighted by atomic mass is 28.3. The molecule has 0 radical (unpaired) electrons. The van der Waals surface area contributed by atoms with Gasteiger partial charge in [0.15, 0.2) is 0 Å². The molecule has 0 amide bonds. The van der Waals surface area contributed by atoms with Crippen LogP contribution in [0.15, 0.2) is 65.5 Å². The van der Waals surface area contributed by atoms with Crippen LogP contribution in [-0.2, 0) is 0 Å². The van der Waals surface area contributed by atoms with Crippen LogP contribution < -0.4 is 5.56 Å². The number of rotatable bonds is 1. The van der Waals surface area contributed by atoms with E-state index in [0.29, 0.717) is 0 Å². The Balaban J connectivity index is 2.18. The highest BCUT2D eigenvalue weighted by Crippen LogP contribution is 2.17. The molecule has 23 heavy (non-hydrogen) atoms. The summed E-state index contributed by atoms with van der Waals surface area (Å²) in [5, 5.41) is 1.05. The second-order valence-electron chi connectivity index (χ2n) is 6.62. The summed E-state index contributed by atoms with van der Waals surface area (Å²) in [7, 11) is -1.42. The molecule has 2 aromatic carbocycles. The minimum absolute atomic E-state index is 0.0287. The van der Waals surface area contributed by atoms with Crippen LogP contribution in [0.5, 0.6) is 0 Å². The van der Waals surface area contributed by atoms with Crippen molar-refractivity contribution in [3.8, 4) is 17.2 Å². The Morgan fingerprint density at radius 2 is 1.70 bits per heavy atom. The fourth-order valence-corrected chi connectivity index (χ4v) is 2.95. The fourth-order valence-electron chi connectivity index (χ4n) is 2.44. The predicted octanol–water partition coefficient (Wildman–Crippen LogP) is 4.22. The van der Waals surface area contributed by atoms with Crippen molar-refractivity contribution in [2.45, 2.75) is 19.6 Å². The number of hydrogen-bond acceptors (Lipinski definition) is 1. The Morgan fingerprint density at radius 3 is 2.48 bits per heavy atom. The summed E-state index contributed by atoms with van der Waals surface area (Å²) in [5.41, 5.74) is 6.06. The van der Waals surface area contributed by atoms with Crippen LogP contribution >= 0.6 is 0 Å². The first-order chi connectivity index (χ1) is 10.9. The zero-order valence-electron chi connectivity index (χ0n) is 13.6. The molecule has 0 aliphatic heterocycles. The van der Waals surface area contributed by atoms with Gasteiger partial charge in [-0.15, -0.1) is 5.54 Å². The first-order valence-electron chi connectivity index (χ1n) is 7.68. The van der Waals surface area contributed by atoms with Crippen molar-refractivity contribution < 1.29 is 0 Å². The summed E-state index contributed by atoms with van der Waals surface area (Å²) in [4.78, 5) is 12.4. The van der Waals surface area contributed by atoms with Crippen molar-refractivity contribution in [1.29, 1.82) is 0 Å². The van der Waals surface area contributed by atoms with Gasteiger partial charge in [-0.05, 0) is 35.7 Å². The van der Waals surface area contributed by atoms with E-state index in [9.17, 15) is 4.79 Å². The smallest absolute Gasteiger partial charge is 0.255 e. The largest absolute Gasteiger partial charge is 0.277 e. The first-order valence-corrected chi connectivity index (χ1v) is 11.2. The highest BCUT2D eigenvalue weighted by molar-refractivity contribution is 6.83. The summed E-state index contributed by atoms with van der Waals surface area (Å²) in [5.74, 6) is 3.26. The summed E-state index contributed by atoms with van der Waals surface area (Å²) in [6.45, 7) is 6.66. The van der Waals surface area contributed by atoms with E-state index in [1.165, 1.54) is 0 Å². The van der Waals surface area contributed by atoms with Crippen molar-refractivity contribution in [2.75, 3.05) is 0 Å². The lowest BCUT2D eigenvalue weighted by atomic mass is 10.1. The van der Waals surface area contributed by atoms with Gasteiger partial charge in [-0.2, -0.15) is 0 Å². The number of para-hydroxylation sites is 1. The average Bonchev–Trinajstić information content (AvgIpc) is 2.52. The van der Waals surface area contributed by atoms with Crippen molar-refractivity contribution >= 4 is 19.0 Å². The average molecular weight is 317 g/mol. The first kappa shape index (κ1) is 15.3. The van der Waals surface area contributed by atoms with E-state index in [0.717, 1.165) is 22.2 Å². The summed E-state index contributed by atoms with van der Waals surface area (Å²) >= 11 is 0. The van der Waals surface area contributed by atoms with Gasteiger partial charge < -0.3 is 0 Å². The molecule has 2 nitrogen and oxygen atoms in total. The molecule has 0 bridgehead atoms. The van der Waals surface area contributed by atoms with E-state index in [4.69, 9.17) is 0 Å². The maximum Gasteiger partial charge on any atom is 0.255 e. The Morgan fingerprint density at radius 1 is 0.913 bits per heavy atom. The third-order valence-corrected chi connectivity index (χ3v) is 4.36. The van der Waals surface area contributed by atoms with E-state index in [1.807, 2.05) is 54.6 Å². The second kappa shape index (κ2) is 5.90. The zero-order chi connectivity index (χ0) is 16.4. The number of benzene rings is 2. The van der Waals surface area contributed by atoms with E-state index in [1.54, 1.807) is 10.6 Å². The topological polar surface area (TPSA) is 22.0 Å². The van der Waals surface area contributed by atoms with Crippen LogP contribution in [0.4, 0.5) is 0 Å². The van der Waals surface area contributed by atoms with Gasteiger partial charge in [0, 0.05) is 11.6 Å². The number of hydrogen-bond donors (Lipinski definition) is 0. The Labute approximate surface area is 137 Å². The third kappa shape index (κ3) is 3.44. The number of nitrogens with zero attached hydrogens (tertiary/aromatic N) is 1. The van der Waals surface area contributed by atoms with Gasteiger partial charge in [-0.1, -0.05) is 49.8 Å². The SMILES string of the molecule is C[Si](C)(C)C#Cc1cccc(-n2c(=O)ccc3ccccc32)c1. The van der Waals surface area contributed by atoms with Crippen LogP contribution in [-0.4, -0.2) is 12.6 Å². The summed E-state index contributed by atoms with van der Waals surface area (Å²) in [6, 6.07) is 19.3. The number of fused-ring (bicyclic) bond motifs is 1. The van der Waals surface area contributed by atoms with E-state index >= 15 is 0 Å². The van der Waals surface area contributed by atoms with Crippen LogP contribution in [0.3, 0.4) is 0 Å². The molecular weight excluding hydrogens is 298 g/mol. The van der Waals surface area contributed by atoms with E-state index in [2.05, 4.69) is 31.1 Å². The summed E-state index contributed by atoms with van der Waals surface area (Å²) < 4.78 is 1.75. The lowest BCUT2D eigenvalue weighted by Crippen LogP contribution is -2.17. The zero-order valence-corrected chi connectivity index (χ0v) is 14.6. The van der Waals surface area contributed by atoms with E-state index < -0.39 is 8.07 Å². The fraction of sp³-hybridized carbons (Fsp3) is 0.150. The highest BCUT2D eigenvalue weighted by Gasteiger charge is 2.08. The molecule has 3 rings (SSSR count). The minimum Gasteiger partial charge on any atom is -0.277 e. The lowest BCUT2D eigenvalue weighted by Gasteiger charge is -2.10. The molecule has 114 valence electrons. The number of pyridine rings is 1. The van der Waals surface area contributed by atoms with Gasteiger partial charge >= 0.3 is 0 Å². The molecule has 0 fully saturated rings. The van der Waals surface area contributed by atoms with Crippen LogP contribution in [0.1, 0.15) is 5.56 Å². The molecule has 3 aromatic rings. The van der Waals surface area contributed by atoms with Gasteiger partial charge in [0.1, 0.15) is 8.07 Å². The van der Waals surface area contributed by atoms with Crippen molar-refractivity contribution in [3.63, 3.8) is 0 Å². The summed E-state index contributed by atoms with van der Waals surface area (Å²) in [6.07, 6.45) is 0. The normalized spacial score (nSPS) is 11.1. The molecule has 0 N–H and O–H groups in total. The Kier molecular flexibility index (Phi) is 3.93. The molecule has 0 aliphatic rings. The monoisotopic (exact) mass is 317 g/mol. The Hall–Kier alpha value is -2.57. The van der Waals surface area contributed by atoms with Gasteiger partial charge in [0.05, 0.1) is 11.2 Å². The molecule has 0 saturated carbocycles. The second-order valence-corrected chi connectivity index (χ2v) is 11.4. The number of aromatic nitrogens is 1. The van der Waals surface area contributed by atoms with Crippen molar-refractivity contribution in [3.05, 3.63) is 76.6 Å².